The predicted molar refractivity (Wildman–Crippen MR) is 250 cm³/mol. The van der Waals surface area contributed by atoms with Crippen LogP contribution >= 0.6 is 0 Å². The molecule has 0 spiro atoms. The Morgan fingerprint density at radius 2 is 0.836 bits per heavy atom. The Hall–Kier alpha value is -8.35. The summed E-state index contributed by atoms with van der Waals surface area (Å²) in [6.45, 7) is 0. The highest BCUT2D eigenvalue weighted by Crippen LogP contribution is 2.44. The zero-order chi connectivity index (χ0) is 40.0. The first kappa shape index (κ1) is 33.6. The molecule has 6 nitrogen and oxygen atoms in total. The van der Waals surface area contributed by atoms with Crippen LogP contribution in [0.25, 0.3) is 122 Å². The number of hydrogen-bond acceptors (Lipinski definition) is 4. The van der Waals surface area contributed by atoms with E-state index in [4.69, 9.17) is 19.4 Å². The summed E-state index contributed by atoms with van der Waals surface area (Å²) >= 11 is 0. The van der Waals surface area contributed by atoms with Crippen LogP contribution in [0.3, 0.4) is 0 Å². The molecule has 4 aromatic heterocycles. The van der Waals surface area contributed by atoms with Gasteiger partial charge in [-0.1, -0.05) is 152 Å². The fraction of sp³-hybridized carbons (Fsp3) is 0. The van der Waals surface area contributed by atoms with Crippen molar-refractivity contribution in [3.8, 4) is 45.5 Å². The number of benzene rings is 9. The molecule has 13 rings (SSSR count). The largest absolute Gasteiger partial charge is 0.454 e. The lowest BCUT2D eigenvalue weighted by Crippen LogP contribution is -2.00. The molecule has 0 fully saturated rings. The molecule has 0 bridgehead atoms. The molecule has 284 valence electrons. The van der Waals surface area contributed by atoms with E-state index in [0.29, 0.717) is 17.5 Å². The van der Waals surface area contributed by atoms with Gasteiger partial charge in [-0.2, -0.15) is 0 Å². The maximum atomic E-state index is 7.13. The first-order valence-corrected chi connectivity index (χ1v) is 20.5. The minimum atomic E-state index is 0.590. The van der Waals surface area contributed by atoms with Crippen molar-refractivity contribution in [1.29, 1.82) is 0 Å². The third-order valence-electron chi connectivity index (χ3n) is 12.1. The van der Waals surface area contributed by atoms with E-state index in [9.17, 15) is 0 Å². The topological polar surface area (TPSA) is 61.7 Å². The standard InChI is InChI=1S/C55H33N5O/c1-4-17-34(18-5-1)53-56-54(35-19-6-2-7-20-35)58-55(57-53)44-33-50-51(40-26-11-10-23-37(40)44)41-27-16-30-47(52(41)61-50)60-46-29-15-13-25-39(46)43-31-48-42(32-49(43)60)38-24-12-14-28-45(38)59(48)36-21-8-3-9-22-36/h1-33H. The second-order valence-electron chi connectivity index (χ2n) is 15.6. The summed E-state index contributed by atoms with van der Waals surface area (Å²) in [6, 6.07) is 70.2. The second-order valence-corrected chi connectivity index (χ2v) is 15.6. The van der Waals surface area contributed by atoms with Crippen molar-refractivity contribution < 1.29 is 4.42 Å². The Morgan fingerprint density at radius 3 is 1.48 bits per heavy atom. The van der Waals surface area contributed by atoms with Gasteiger partial charge in [-0.05, 0) is 59.3 Å². The molecule has 13 aromatic rings. The molecule has 4 heterocycles. The van der Waals surface area contributed by atoms with Gasteiger partial charge in [0.25, 0.3) is 0 Å². The third-order valence-corrected chi connectivity index (χ3v) is 12.1. The number of rotatable bonds is 5. The molecule has 9 aromatic carbocycles. The van der Waals surface area contributed by atoms with E-state index in [1.165, 1.54) is 32.6 Å². The van der Waals surface area contributed by atoms with Crippen molar-refractivity contribution in [1.82, 2.24) is 24.1 Å². The van der Waals surface area contributed by atoms with Crippen molar-refractivity contribution in [2.75, 3.05) is 0 Å². The number of hydrogen-bond donors (Lipinski definition) is 0. The predicted octanol–water partition coefficient (Wildman–Crippen LogP) is 14.1. The van der Waals surface area contributed by atoms with Crippen molar-refractivity contribution in [2.45, 2.75) is 0 Å². The lowest BCUT2D eigenvalue weighted by Gasteiger charge is -2.11. The molecule has 0 saturated carbocycles. The van der Waals surface area contributed by atoms with Gasteiger partial charge in [-0.3, -0.25) is 0 Å². The highest BCUT2D eigenvalue weighted by molar-refractivity contribution is 6.24. The number of para-hydroxylation sites is 4. The Morgan fingerprint density at radius 1 is 0.344 bits per heavy atom. The fourth-order valence-electron chi connectivity index (χ4n) is 9.48. The first-order valence-electron chi connectivity index (χ1n) is 20.5. The van der Waals surface area contributed by atoms with Gasteiger partial charge in [-0.25, -0.2) is 15.0 Å². The second kappa shape index (κ2) is 13.1. The molecule has 0 aliphatic carbocycles. The van der Waals surface area contributed by atoms with Crippen LogP contribution in [-0.4, -0.2) is 24.1 Å². The average Bonchev–Trinajstić information content (AvgIpc) is 3.99. The van der Waals surface area contributed by atoms with Crippen molar-refractivity contribution in [3.05, 3.63) is 200 Å². The number of aromatic nitrogens is 5. The maximum absolute atomic E-state index is 7.13. The Bertz CT molecular complexity index is 3810. The van der Waals surface area contributed by atoms with Gasteiger partial charge in [-0.15, -0.1) is 0 Å². The number of nitrogens with zero attached hydrogens (tertiary/aromatic N) is 5. The quantitative estimate of drug-likeness (QED) is 0.175. The number of furan rings is 1. The van der Waals surface area contributed by atoms with E-state index in [-0.39, 0.29) is 0 Å². The molecule has 6 heteroatoms. The normalized spacial score (nSPS) is 11.9. The zero-order valence-corrected chi connectivity index (χ0v) is 32.7. The van der Waals surface area contributed by atoms with Gasteiger partial charge in [0.15, 0.2) is 23.1 Å². The minimum Gasteiger partial charge on any atom is -0.454 e. The van der Waals surface area contributed by atoms with Gasteiger partial charge in [0, 0.05) is 54.7 Å². The highest BCUT2D eigenvalue weighted by atomic mass is 16.3. The molecule has 0 amide bonds. The van der Waals surface area contributed by atoms with Gasteiger partial charge < -0.3 is 13.6 Å². The molecule has 0 saturated heterocycles. The van der Waals surface area contributed by atoms with Gasteiger partial charge in [0.05, 0.1) is 27.8 Å². The van der Waals surface area contributed by atoms with E-state index < -0.39 is 0 Å². The van der Waals surface area contributed by atoms with Gasteiger partial charge in [0.1, 0.15) is 5.58 Å². The summed E-state index contributed by atoms with van der Waals surface area (Å²) in [5.74, 6) is 1.83. The maximum Gasteiger partial charge on any atom is 0.164 e. The van der Waals surface area contributed by atoms with E-state index in [0.717, 1.165) is 71.8 Å². The highest BCUT2D eigenvalue weighted by Gasteiger charge is 2.23. The smallest absolute Gasteiger partial charge is 0.164 e. The average molecular weight is 780 g/mol. The first-order chi connectivity index (χ1) is 30.3. The molecule has 0 aliphatic rings. The van der Waals surface area contributed by atoms with Crippen LogP contribution in [0.4, 0.5) is 0 Å². The van der Waals surface area contributed by atoms with Crippen LogP contribution in [0, 0.1) is 0 Å². The Labute approximate surface area is 349 Å². The molecule has 0 radical (unpaired) electrons. The summed E-state index contributed by atoms with van der Waals surface area (Å²) in [5.41, 5.74) is 11.0. The minimum absolute atomic E-state index is 0.590. The summed E-state index contributed by atoms with van der Waals surface area (Å²) in [6.07, 6.45) is 0. The van der Waals surface area contributed by atoms with E-state index in [2.05, 4.69) is 149 Å². The van der Waals surface area contributed by atoms with Crippen LogP contribution in [-0.2, 0) is 0 Å². The Kier molecular flexibility index (Phi) is 7.21. The van der Waals surface area contributed by atoms with Crippen LogP contribution < -0.4 is 0 Å². The fourth-order valence-corrected chi connectivity index (χ4v) is 9.48. The molecule has 61 heavy (non-hydrogen) atoms. The van der Waals surface area contributed by atoms with Crippen LogP contribution in [0.2, 0.25) is 0 Å². The Balaban J connectivity index is 1.08. The summed E-state index contributed by atoms with van der Waals surface area (Å²) in [4.78, 5) is 15.2. The SMILES string of the molecule is c1ccc(-c2nc(-c3ccccc3)nc(-c3cc4oc5c(-n6c7ccccc7c7cc8c(cc76)c6ccccc6n8-c6ccccc6)cccc5c4c4ccccc34)n2)cc1. The van der Waals surface area contributed by atoms with Crippen LogP contribution in [0.1, 0.15) is 0 Å². The third kappa shape index (κ3) is 5.06. The van der Waals surface area contributed by atoms with Crippen molar-refractivity contribution >= 4 is 76.3 Å². The summed E-state index contributed by atoms with van der Waals surface area (Å²) in [5, 5.41) is 9.01. The zero-order valence-electron chi connectivity index (χ0n) is 32.7. The van der Waals surface area contributed by atoms with Gasteiger partial charge >= 0.3 is 0 Å². The monoisotopic (exact) mass is 779 g/mol. The molecule has 0 aliphatic heterocycles. The van der Waals surface area contributed by atoms with Gasteiger partial charge in [0.2, 0.25) is 0 Å². The lowest BCUT2D eigenvalue weighted by molar-refractivity contribution is 0.666. The summed E-state index contributed by atoms with van der Waals surface area (Å²) in [7, 11) is 0. The lowest BCUT2D eigenvalue weighted by atomic mass is 9.98. The molecule has 0 N–H and O–H groups in total. The number of fused-ring (bicyclic) bond motifs is 11. The molecular formula is C55H33N5O. The van der Waals surface area contributed by atoms with Crippen LogP contribution in [0.15, 0.2) is 205 Å². The van der Waals surface area contributed by atoms with E-state index in [1.54, 1.807) is 0 Å². The van der Waals surface area contributed by atoms with Crippen molar-refractivity contribution in [3.63, 3.8) is 0 Å². The van der Waals surface area contributed by atoms with Crippen LogP contribution in [0.5, 0.6) is 0 Å². The summed E-state index contributed by atoms with van der Waals surface area (Å²) < 4.78 is 11.9. The molecule has 0 atom stereocenters. The van der Waals surface area contributed by atoms with E-state index >= 15 is 0 Å². The molecular weight excluding hydrogens is 747 g/mol. The molecule has 0 unspecified atom stereocenters. The van der Waals surface area contributed by atoms with E-state index in [1.807, 2.05) is 60.7 Å². The van der Waals surface area contributed by atoms with Crippen molar-refractivity contribution in [2.24, 2.45) is 0 Å².